The van der Waals surface area contributed by atoms with Crippen LogP contribution in [-0.2, 0) is 0 Å². The number of carbonyl (C=O) groups is 1. The van der Waals surface area contributed by atoms with Crippen molar-refractivity contribution in [1.29, 1.82) is 0 Å². The minimum atomic E-state index is -0.245. The lowest BCUT2D eigenvalue weighted by atomic mass is 10.2. The van der Waals surface area contributed by atoms with Crippen LogP contribution in [0.1, 0.15) is 10.4 Å². The van der Waals surface area contributed by atoms with Crippen molar-refractivity contribution in [1.82, 2.24) is 4.98 Å². The molecule has 0 radical (unpaired) electrons. The number of hydrogen-bond acceptors (Lipinski definition) is 6. The number of nitrogens with zero attached hydrogens (tertiary/aromatic N) is 1. The van der Waals surface area contributed by atoms with Crippen molar-refractivity contribution >= 4 is 23.1 Å². The van der Waals surface area contributed by atoms with Crippen LogP contribution in [0.15, 0.2) is 60.8 Å². The lowest BCUT2D eigenvalue weighted by Gasteiger charge is -2.09. The Balaban J connectivity index is 1.43. The predicted octanol–water partition coefficient (Wildman–Crippen LogP) is 3.81. The smallest absolute Gasteiger partial charge is 0.257 e. The molecule has 4 rings (SSSR count). The highest BCUT2D eigenvalue weighted by atomic mass is 16.7. The monoisotopic (exact) mass is 363 g/mol. The van der Waals surface area contributed by atoms with Crippen molar-refractivity contribution in [2.45, 2.75) is 0 Å². The molecule has 0 spiro atoms. The van der Waals surface area contributed by atoms with Gasteiger partial charge in [-0.25, -0.2) is 4.98 Å². The van der Waals surface area contributed by atoms with E-state index in [4.69, 9.17) is 14.2 Å². The minimum absolute atomic E-state index is 0.230. The van der Waals surface area contributed by atoms with Gasteiger partial charge in [-0.3, -0.25) is 4.79 Å². The summed E-state index contributed by atoms with van der Waals surface area (Å²) >= 11 is 0. The van der Waals surface area contributed by atoms with Gasteiger partial charge in [-0.2, -0.15) is 0 Å². The summed E-state index contributed by atoms with van der Waals surface area (Å²) in [5.74, 6) is 2.46. The fourth-order valence-corrected chi connectivity index (χ4v) is 2.63. The number of nitrogens with one attached hydrogen (secondary N) is 2. The Kier molecular flexibility index (Phi) is 4.49. The van der Waals surface area contributed by atoms with E-state index in [-0.39, 0.29) is 12.7 Å². The Morgan fingerprint density at radius 3 is 2.74 bits per heavy atom. The number of pyridine rings is 1. The van der Waals surface area contributed by atoms with Gasteiger partial charge in [0.2, 0.25) is 6.79 Å². The first-order valence-electron chi connectivity index (χ1n) is 8.29. The van der Waals surface area contributed by atoms with Crippen LogP contribution in [0.4, 0.5) is 17.2 Å². The van der Waals surface area contributed by atoms with Crippen LogP contribution in [0.25, 0.3) is 0 Å². The number of aromatic nitrogens is 1. The van der Waals surface area contributed by atoms with E-state index in [0.29, 0.717) is 28.6 Å². The normalized spacial score (nSPS) is 11.7. The number of amides is 1. The van der Waals surface area contributed by atoms with Crippen LogP contribution in [0.3, 0.4) is 0 Å². The highest BCUT2D eigenvalue weighted by Gasteiger charge is 2.13. The fraction of sp³-hybridized carbons (Fsp3) is 0.100. The van der Waals surface area contributed by atoms with Crippen LogP contribution in [-0.4, -0.2) is 24.8 Å². The average molecular weight is 363 g/mol. The third-order valence-electron chi connectivity index (χ3n) is 4.00. The number of hydrogen-bond donors (Lipinski definition) is 2. The summed E-state index contributed by atoms with van der Waals surface area (Å²) in [6.07, 6.45) is 1.52. The van der Waals surface area contributed by atoms with Gasteiger partial charge in [0, 0.05) is 29.7 Å². The van der Waals surface area contributed by atoms with Crippen molar-refractivity contribution in [3.8, 4) is 17.2 Å². The molecule has 1 amide bonds. The van der Waals surface area contributed by atoms with E-state index < -0.39 is 0 Å². The predicted molar refractivity (Wildman–Crippen MR) is 101 cm³/mol. The summed E-state index contributed by atoms with van der Waals surface area (Å²) in [6.45, 7) is 0.230. The van der Waals surface area contributed by atoms with Crippen molar-refractivity contribution in [2.24, 2.45) is 0 Å². The first kappa shape index (κ1) is 16.7. The van der Waals surface area contributed by atoms with E-state index >= 15 is 0 Å². The molecule has 0 fully saturated rings. The third-order valence-corrected chi connectivity index (χ3v) is 4.00. The van der Waals surface area contributed by atoms with Gasteiger partial charge in [-0.05, 0) is 36.4 Å². The second-order valence-electron chi connectivity index (χ2n) is 5.81. The highest BCUT2D eigenvalue weighted by molar-refractivity contribution is 6.04. The Bertz CT molecular complexity index is 973. The van der Waals surface area contributed by atoms with Crippen LogP contribution >= 0.6 is 0 Å². The molecule has 1 aliphatic rings. The SMILES string of the molecule is COc1cccc(NC(=O)c2ccc(Nc3ccc4c(c3)OCO4)nc2)c1. The maximum Gasteiger partial charge on any atom is 0.257 e. The van der Waals surface area contributed by atoms with Gasteiger partial charge >= 0.3 is 0 Å². The molecule has 0 atom stereocenters. The zero-order chi connectivity index (χ0) is 18.6. The first-order valence-corrected chi connectivity index (χ1v) is 8.29. The van der Waals surface area contributed by atoms with Crippen molar-refractivity contribution in [3.05, 3.63) is 66.4 Å². The van der Waals surface area contributed by atoms with E-state index in [1.807, 2.05) is 30.3 Å². The maximum atomic E-state index is 12.4. The first-order chi connectivity index (χ1) is 13.2. The number of rotatable bonds is 5. The van der Waals surface area contributed by atoms with Gasteiger partial charge in [0.1, 0.15) is 11.6 Å². The molecule has 1 aromatic heterocycles. The fourth-order valence-electron chi connectivity index (χ4n) is 2.63. The molecule has 7 nitrogen and oxygen atoms in total. The largest absolute Gasteiger partial charge is 0.497 e. The third kappa shape index (κ3) is 3.77. The van der Waals surface area contributed by atoms with Gasteiger partial charge < -0.3 is 24.8 Å². The molecule has 0 aliphatic carbocycles. The molecule has 0 bridgehead atoms. The van der Waals surface area contributed by atoms with Gasteiger partial charge in [-0.1, -0.05) is 6.07 Å². The lowest BCUT2D eigenvalue weighted by molar-refractivity contribution is 0.102. The summed E-state index contributed by atoms with van der Waals surface area (Å²) in [7, 11) is 1.58. The molecule has 0 saturated carbocycles. The van der Waals surface area contributed by atoms with Crippen LogP contribution in [0.5, 0.6) is 17.2 Å². The summed E-state index contributed by atoms with van der Waals surface area (Å²) in [4.78, 5) is 16.7. The second kappa shape index (κ2) is 7.25. The van der Waals surface area contributed by atoms with Gasteiger partial charge in [0.25, 0.3) is 5.91 Å². The van der Waals surface area contributed by atoms with E-state index in [1.165, 1.54) is 6.20 Å². The number of methoxy groups -OCH3 is 1. The molecule has 2 heterocycles. The highest BCUT2D eigenvalue weighted by Crippen LogP contribution is 2.34. The molecule has 2 aromatic carbocycles. The molecular formula is C20H17N3O4. The maximum absolute atomic E-state index is 12.4. The van der Waals surface area contributed by atoms with Crippen molar-refractivity contribution < 1.29 is 19.0 Å². The molecule has 136 valence electrons. The molecule has 27 heavy (non-hydrogen) atoms. The van der Waals surface area contributed by atoms with Crippen molar-refractivity contribution in [3.63, 3.8) is 0 Å². The topological polar surface area (TPSA) is 81.7 Å². The van der Waals surface area contributed by atoms with Crippen molar-refractivity contribution in [2.75, 3.05) is 24.5 Å². The van der Waals surface area contributed by atoms with E-state index in [1.54, 1.807) is 31.4 Å². The molecular weight excluding hydrogens is 346 g/mol. The standard InChI is InChI=1S/C20H17N3O4/c1-25-16-4-2-3-14(9-16)23-20(24)13-5-8-19(21-11-13)22-15-6-7-17-18(10-15)27-12-26-17/h2-11H,12H2,1H3,(H,21,22)(H,23,24). The number of fused-ring (bicyclic) bond motifs is 1. The summed E-state index contributed by atoms with van der Waals surface area (Å²) in [6, 6.07) is 16.2. The zero-order valence-corrected chi connectivity index (χ0v) is 14.6. The summed E-state index contributed by atoms with van der Waals surface area (Å²) in [5, 5.41) is 5.99. The van der Waals surface area contributed by atoms with Crippen LogP contribution in [0.2, 0.25) is 0 Å². The second-order valence-corrected chi connectivity index (χ2v) is 5.81. The molecule has 3 aromatic rings. The Morgan fingerprint density at radius 1 is 1.04 bits per heavy atom. The van der Waals surface area contributed by atoms with Gasteiger partial charge in [0.15, 0.2) is 11.5 Å². The van der Waals surface area contributed by atoms with Gasteiger partial charge in [0.05, 0.1) is 12.7 Å². The molecule has 0 saturated heterocycles. The Morgan fingerprint density at radius 2 is 1.93 bits per heavy atom. The van der Waals surface area contributed by atoms with E-state index in [2.05, 4.69) is 15.6 Å². The zero-order valence-electron chi connectivity index (χ0n) is 14.6. The number of carbonyl (C=O) groups excluding carboxylic acids is 1. The summed E-state index contributed by atoms with van der Waals surface area (Å²) < 4.78 is 15.8. The molecule has 0 unspecified atom stereocenters. The van der Waals surface area contributed by atoms with Gasteiger partial charge in [-0.15, -0.1) is 0 Å². The molecule has 7 heteroatoms. The number of anilines is 3. The Hall–Kier alpha value is -3.74. The lowest BCUT2D eigenvalue weighted by Crippen LogP contribution is -2.12. The molecule has 2 N–H and O–H groups in total. The summed E-state index contributed by atoms with van der Waals surface area (Å²) in [5.41, 5.74) is 1.93. The van der Waals surface area contributed by atoms with Crippen LogP contribution < -0.4 is 24.8 Å². The quantitative estimate of drug-likeness (QED) is 0.717. The van der Waals surface area contributed by atoms with Crippen LogP contribution in [0, 0.1) is 0 Å². The number of ether oxygens (including phenoxy) is 3. The van der Waals surface area contributed by atoms with E-state index in [0.717, 1.165) is 11.4 Å². The van der Waals surface area contributed by atoms with E-state index in [9.17, 15) is 4.79 Å². The minimum Gasteiger partial charge on any atom is -0.497 e. The number of benzene rings is 2. The average Bonchev–Trinajstić information content (AvgIpc) is 3.16. The molecule has 1 aliphatic heterocycles. The Labute approximate surface area is 155 Å².